The van der Waals surface area contributed by atoms with Crippen LogP contribution in [-0.2, 0) is 4.74 Å². The van der Waals surface area contributed by atoms with Gasteiger partial charge >= 0.3 is 6.36 Å². The highest BCUT2D eigenvalue weighted by molar-refractivity contribution is 5.29. The zero-order valence-electron chi connectivity index (χ0n) is 11.8. The van der Waals surface area contributed by atoms with E-state index in [0.717, 1.165) is 12.0 Å². The Bertz CT molecular complexity index is 392. The standard InChI is InChI=1S/C14H20F3NO2/c1-4-12(9-19-3)18-10(2)11-5-7-13(8-6-11)20-14(15,16)17/h5-8,10,12,18H,4,9H2,1-3H3. The van der Waals surface area contributed by atoms with Crippen molar-refractivity contribution in [3.63, 3.8) is 0 Å². The largest absolute Gasteiger partial charge is 0.573 e. The van der Waals surface area contributed by atoms with Crippen molar-refractivity contribution in [1.29, 1.82) is 0 Å². The summed E-state index contributed by atoms with van der Waals surface area (Å²) in [7, 11) is 1.64. The van der Waals surface area contributed by atoms with Gasteiger partial charge in [-0.3, -0.25) is 0 Å². The Kier molecular flexibility index (Phi) is 6.29. The molecule has 1 aromatic carbocycles. The maximum Gasteiger partial charge on any atom is 0.573 e. The summed E-state index contributed by atoms with van der Waals surface area (Å²) in [5.41, 5.74) is 0.897. The van der Waals surface area contributed by atoms with E-state index in [1.54, 1.807) is 19.2 Å². The van der Waals surface area contributed by atoms with Gasteiger partial charge in [0, 0.05) is 19.2 Å². The zero-order chi connectivity index (χ0) is 15.2. The Morgan fingerprint density at radius 1 is 1.20 bits per heavy atom. The lowest BCUT2D eigenvalue weighted by atomic mass is 10.1. The van der Waals surface area contributed by atoms with Gasteiger partial charge in [0.15, 0.2) is 0 Å². The van der Waals surface area contributed by atoms with Gasteiger partial charge in [0.2, 0.25) is 0 Å². The summed E-state index contributed by atoms with van der Waals surface area (Å²) in [6.45, 7) is 4.59. The third-order valence-electron chi connectivity index (χ3n) is 2.96. The molecule has 0 radical (unpaired) electrons. The first-order chi connectivity index (χ1) is 9.35. The molecule has 1 N–H and O–H groups in total. The fourth-order valence-electron chi connectivity index (χ4n) is 1.89. The highest BCUT2D eigenvalue weighted by atomic mass is 19.4. The molecule has 0 aliphatic carbocycles. The molecule has 6 heteroatoms. The SMILES string of the molecule is CCC(COC)NC(C)c1ccc(OC(F)(F)F)cc1. The molecule has 1 aromatic rings. The van der Waals surface area contributed by atoms with Gasteiger partial charge in [-0.2, -0.15) is 0 Å². The second-order valence-electron chi connectivity index (χ2n) is 4.57. The average Bonchev–Trinajstić information content (AvgIpc) is 2.37. The molecule has 0 spiro atoms. The van der Waals surface area contributed by atoms with E-state index in [9.17, 15) is 13.2 Å². The number of ether oxygens (including phenoxy) is 2. The van der Waals surface area contributed by atoms with Gasteiger partial charge in [-0.15, -0.1) is 13.2 Å². The van der Waals surface area contributed by atoms with Crippen LogP contribution >= 0.6 is 0 Å². The van der Waals surface area contributed by atoms with Crippen LogP contribution in [0.2, 0.25) is 0 Å². The van der Waals surface area contributed by atoms with Crippen molar-refractivity contribution in [3.8, 4) is 5.75 Å². The predicted octanol–water partition coefficient (Wildman–Crippen LogP) is 3.66. The molecule has 3 nitrogen and oxygen atoms in total. The van der Waals surface area contributed by atoms with E-state index in [1.165, 1.54) is 12.1 Å². The second-order valence-corrected chi connectivity index (χ2v) is 4.57. The summed E-state index contributed by atoms with van der Waals surface area (Å²) in [5, 5.41) is 3.36. The van der Waals surface area contributed by atoms with E-state index < -0.39 is 6.36 Å². The number of rotatable bonds is 7. The lowest BCUT2D eigenvalue weighted by molar-refractivity contribution is -0.274. The lowest BCUT2D eigenvalue weighted by Crippen LogP contribution is -2.34. The number of halogens is 3. The molecule has 0 aromatic heterocycles. The molecule has 0 aliphatic rings. The molecule has 0 saturated heterocycles. The quantitative estimate of drug-likeness (QED) is 0.831. The van der Waals surface area contributed by atoms with Crippen LogP contribution < -0.4 is 10.1 Å². The third kappa shape index (κ3) is 5.79. The molecule has 0 aliphatic heterocycles. The van der Waals surface area contributed by atoms with Crippen LogP contribution in [0.5, 0.6) is 5.75 Å². The van der Waals surface area contributed by atoms with Gasteiger partial charge in [0.05, 0.1) is 6.61 Å². The smallest absolute Gasteiger partial charge is 0.406 e. The number of hydrogen-bond donors (Lipinski definition) is 1. The van der Waals surface area contributed by atoms with E-state index in [-0.39, 0.29) is 17.8 Å². The minimum atomic E-state index is -4.66. The Morgan fingerprint density at radius 2 is 1.80 bits per heavy atom. The van der Waals surface area contributed by atoms with Crippen molar-refractivity contribution in [2.24, 2.45) is 0 Å². The van der Waals surface area contributed by atoms with Crippen LogP contribution in [-0.4, -0.2) is 26.1 Å². The normalized spacial score (nSPS) is 14.9. The lowest BCUT2D eigenvalue weighted by Gasteiger charge is -2.22. The summed E-state index contributed by atoms with van der Waals surface area (Å²) in [5.74, 6) is -0.211. The topological polar surface area (TPSA) is 30.5 Å². The van der Waals surface area contributed by atoms with E-state index in [4.69, 9.17) is 4.74 Å². The van der Waals surface area contributed by atoms with Gasteiger partial charge in [0.1, 0.15) is 5.75 Å². The molecular weight excluding hydrogens is 271 g/mol. The third-order valence-corrected chi connectivity index (χ3v) is 2.96. The molecule has 20 heavy (non-hydrogen) atoms. The number of hydrogen-bond acceptors (Lipinski definition) is 3. The van der Waals surface area contributed by atoms with Crippen LogP contribution in [0.25, 0.3) is 0 Å². The molecule has 0 saturated carbocycles. The molecule has 1 rings (SSSR count). The van der Waals surface area contributed by atoms with Gasteiger partial charge in [0.25, 0.3) is 0 Å². The fourth-order valence-corrected chi connectivity index (χ4v) is 1.89. The summed E-state index contributed by atoms with van der Waals surface area (Å²) < 4.78 is 45.1. The fraction of sp³-hybridized carbons (Fsp3) is 0.571. The zero-order valence-corrected chi connectivity index (χ0v) is 11.8. The minimum Gasteiger partial charge on any atom is -0.406 e. The van der Waals surface area contributed by atoms with E-state index in [2.05, 4.69) is 10.1 Å². The van der Waals surface area contributed by atoms with Gasteiger partial charge < -0.3 is 14.8 Å². The number of alkyl halides is 3. The molecule has 0 fully saturated rings. The molecule has 2 unspecified atom stereocenters. The Labute approximate surface area is 117 Å². The summed E-state index contributed by atoms with van der Waals surface area (Å²) in [6.07, 6.45) is -3.75. The van der Waals surface area contributed by atoms with Crippen molar-refractivity contribution in [3.05, 3.63) is 29.8 Å². The van der Waals surface area contributed by atoms with E-state index in [0.29, 0.717) is 6.61 Å². The van der Waals surface area contributed by atoms with E-state index >= 15 is 0 Å². The first-order valence-corrected chi connectivity index (χ1v) is 6.46. The van der Waals surface area contributed by atoms with Crippen LogP contribution in [0.1, 0.15) is 31.9 Å². The molecule has 0 amide bonds. The predicted molar refractivity (Wildman–Crippen MR) is 70.6 cm³/mol. The summed E-state index contributed by atoms with van der Waals surface area (Å²) in [6, 6.07) is 6.11. The average molecular weight is 291 g/mol. The Morgan fingerprint density at radius 3 is 2.25 bits per heavy atom. The highest BCUT2D eigenvalue weighted by Gasteiger charge is 2.31. The first kappa shape index (κ1) is 16.8. The van der Waals surface area contributed by atoms with Crippen molar-refractivity contribution >= 4 is 0 Å². The molecule has 0 heterocycles. The van der Waals surface area contributed by atoms with Crippen molar-refractivity contribution in [2.45, 2.75) is 38.7 Å². The van der Waals surface area contributed by atoms with Gasteiger partial charge in [-0.25, -0.2) is 0 Å². The van der Waals surface area contributed by atoms with Crippen molar-refractivity contribution < 1.29 is 22.6 Å². The molecular formula is C14H20F3NO2. The van der Waals surface area contributed by atoms with Crippen molar-refractivity contribution in [1.82, 2.24) is 5.32 Å². The maximum atomic E-state index is 12.1. The van der Waals surface area contributed by atoms with Crippen LogP contribution in [0.15, 0.2) is 24.3 Å². The first-order valence-electron chi connectivity index (χ1n) is 6.46. The van der Waals surface area contributed by atoms with Crippen molar-refractivity contribution in [2.75, 3.05) is 13.7 Å². The monoisotopic (exact) mass is 291 g/mol. The number of nitrogens with one attached hydrogen (secondary N) is 1. The summed E-state index contributed by atoms with van der Waals surface area (Å²) in [4.78, 5) is 0. The maximum absolute atomic E-state index is 12.1. The molecule has 0 bridgehead atoms. The summed E-state index contributed by atoms with van der Waals surface area (Å²) >= 11 is 0. The minimum absolute atomic E-state index is 0.0232. The highest BCUT2D eigenvalue weighted by Crippen LogP contribution is 2.24. The molecule has 2 atom stereocenters. The van der Waals surface area contributed by atoms with Crippen LogP contribution in [0, 0.1) is 0 Å². The molecule has 114 valence electrons. The van der Waals surface area contributed by atoms with Gasteiger partial charge in [-0.05, 0) is 31.0 Å². The Balaban J connectivity index is 2.63. The van der Waals surface area contributed by atoms with Crippen LogP contribution in [0.3, 0.4) is 0 Å². The van der Waals surface area contributed by atoms with Gasteiger partial charge in [-0.1, -0.05) is 19.1 Å². The number of methoxy groups -OCH3 is 1. The number of benzene rings is 1. The van der Waals surface area contributed by atoms with Crippen LogP contribution in [0.4, 0.5) is 13.2 Å². The van der Waals surface area contributed by atoms with E-state index in [1.807, 2.05) is 13.8 Å². The Hall–Kier alpha value is -1.27. The second kappa shape index (κ2) is 7.50.